The van der Waals surface area contributed by atoms with E-state index < -0.39 is 42.2 Å². The first-order chi connectivity index (χ1) is 18.6. The molecule has 0 aromatic heterocycles. The number of Topliss-reactive ketones (excluding diaryl/α,β-unsaturated/α-hetero) is 1. The Hall–Kier alpha value is -3.14. The van der Waals surface area contributed by atoms with Gasteiger partial charge in [-0.15, -0.1) is 0 Å². The summed E-state index contributed by atoms with van der Waals surface area (Å²) in [5.74, 6) is -0.347. The molecule has 1 saturated heterocycles. The third-order valence-electron chi connectivity index (χ3n) is 7.03. The molecule has 1 aliphatic carbocycles. The molecule has 3 amide bonds. The van der Waals surface area contributed by atoms with Gasteiger partial charge >= 0.3 is 12.2 Å². The fourth-order valence-electron chi connectivity index (χ4n) is 5.04. The van der Waals surface area contributed by atoms with Crippen molar-refractivity contribution < 1.29 is 28.7 Å². The van der Waals surface area contributed by atoms with Crippen LogP contribution in [0.25, 0.3) is 0 Å². The summed E-state index contributed by atoms with van der Waals surface area (Å²) in [6.07, 6.45) is 3.86. The van der Waals surface area contributed by atoms with Crippen molar-refractivity contribution in [3.63, 3.8) is 0 Å². The SMILES string of the molecule is CC(C)C[C@H](NC(=O)OCc1ccccc1)C(=O)N[C@@H](CC(C)C)C(=O)C1NN(CC2CCCCC2)C(=O)O1. The molecular formula is C29H44N4O6. The number of amides is 3. The Bertz CT molecular complexity index is 964. The summed E-state index contributed by atoms with van der Waals surface area (Å²) in [7, 11) is 0. The number of hydrazine groups is 1. The first kappa shape index (κ1) is 30.4. The summed E-state index contributed by atoms with van der Waals surface area (Å²) in [5, 5.41) is 6.85. The number of alkyl carbamates (subject to hydrolysis) is 1. The second-order valence-corrected chi connectivity index (χ2v) is 11.5. The van der Waals surface area contributed by atoms with E-state index in [1.165, 1.54) is 11.4 Å². The highest BCUT2D eigenvalue weighted by atomic mass is 16.6. The molecule has 1 aromatic carbocycles. The van der Waals surface area contributed by atoms with Gasteiger partial charge in [-0.3, -0.25) is 9.59 Å². The van der Waals surface area contributed by atoms with Gasteiger partial charge in [0.1, 0.15) is 12.6 Å². The molecule has 1 aliphatic heterocycles. The van der Waals surface area contributed by atoms with E-state index in [1.54, 1.807) is 0 Å². The average molecular weight is 545 g/mol. The lowest BCUT2D eigenvalue weighted by molar-refractivity contribution is -0.134. The second-order valence-electron chi connectivity index (χ2n) is 11.5. The van der Waals surface area contributed by atoms with Gasteiger partial charge in [0.25, 0.3) is 0 Å². The van der Waals surface area contributed by atoms with Crippen LogP contribution in [0, 0.1) is 17.8 Å². The maximum atomic E-state index is 13.4. The van der Waals surface area contributed by atoms with Crippen molar-refractivity contribution in [2.24, 2.45) is 17.8 Å². The molecule has 3 rings (SSSR count). The number of ether oxygens (including phenoxy) is 2. The maximum Gasteiger partial charge on any atom is 0.426 e. The van der Waals surface area contributed by atoms with Crippen LogP contribution in [0.15, 0.2) is 30.3 Å². The van der Waals surface area contributed by atoms with Crippen molar-refractivity contribution in [2.75, 3.05) is 6.54 Å². The number of ketones is 1. The number of carbonyl (C=O) groups is 4. The molecule has 39 heavy (non-hydrogen) atoms. The summed E-state index contributed by atoms with van der Waals surface area (Å²) < 4.78 is 10.7. The number of hydrogen-bond donors (Lipinski definition) is 3. The van der Waals surface area contributed by atoms with Gasteiger partial charge in [-0.05, 0) is 49.0 Å². The van der Waals surface area contributed by atoms with Gasteiger partial charge in [0.05, 0.1) is 6.04 Å². The average Bonchev–Trinajstić information content (AvgIpc) is 3.26. The number of cyclic esters (lactones) is 1. The Morgan fingerprint density at radius 2 is 1.62 bits per heavy atom. The van der Waals surface area contributed by atoms with E-state index in [-0.39, 0.29) is 18.4 Å². The zero-order chi connectivity index (χ0) is 28.4. The van der Waals surface area contributed by atoms with Crippen LogP contribution in [-0.2, 0) is 25.7 Å². The molecular weight excluding hydrogens is 500 g/mol. The zero-order valence-electron chi connectivity index (χ0n) is 23.6. The lowest BCUT2D eigenvalue weighted by Gasteiger charge is -2.26. The molecule has 1 unspecified atom stereocenters. The van der Waals surface area contributed by atoms with Crippen molar-refractivity contribution in [2.45, 2.75) is 97.6 Å². The number of nitrogens with zero attached hydrogens (tertiary/aromatic N) is 1. The molecule has 3 N–H and O–H groups in total. The van der Waals surface area contributed by atoms with Gasteiger partial charge in [-0.1, -0.05) is 77.3 Å². The first-order valence-corrected chi connectivity index (χ1v) is 14.2. The highest BCUT2D eigenvalue weighted by molar-refractivity contribution is 5.95. The summed E-state index contributed by atoms with van der Waals surface area (Å²) in [4.78, 5) is 51.7. The monoisotopic (exact) mass is 544 g/mol. The Labute approximate surface area is 231 Å². The minimum atomic E-state index is -1.17. The van der Waals surface area contributed by atoms with Crippen molar-refractivity contribution in [3.8, 4) is 0 Å². The van der Waals surface area contributed by atoms with E-state index in [0.717, 1.165) is 31.2 Å². The molecule has 1 saturated carbocycles. The first-order valence-electron chi connectivity index (χ1n) is 14.2. The molecule has 2 fully saturated rings. The summed E-state index contributed by atoms with van der Waals surface area (Å²) >= 11 is 0. The van der Waals surface area contributed by atoms with Gasteiger partial charge in [0.2, 0.25) is 17.9 Å². The van der Waals surface area contributed by atoms with Gasteiger partial charge in [0.15, 0.2) is 0 Å². The van der Waals surface area contributed by atoms with Gasteiger partial charge in [0, 0.05) is 6.54 Å². The number of carbonyl (C=O) groups excluding carboxylic acids is 4. The van der Waals surface area contributed by atoms with E-state index in [2.05, 4.69) is 16.1 Å². The summed E-state index contributed by atoms with van der Waals surface area (Å²) in [6.45, 7) is 8.34. The molecule has 216 valence electrons. The van der Waals surface area contributed by atoms with Crippen LogP contribution in [0.2, 0.25) is 0 Å². The molecule has 10 heteroatoms. The van der Waals surface area contributed by atoms with E-state index in [4.69, 9.17) is 9.47 Å². The Morgan fingerprint density at radius 3 is 2.26 bits per heavy atom. The van der Waals surface area contributed by atoms with Gasteiger partial charge in [-0.25, -0.2) is 14.6 Å². The Kier molecular flexibility index (Phi) is 11.6. The van der Waals surface area contributed by atoms with E-state index in [0.29, 0.717) is 25.3 Å². The predicted octanol–water partition coefficient (Wildman–Crippen LogP) is 4.29. The van der Waals surface area contributed by atoms with Crippen LogP contribution < -0.4 is 16.1 Å². The van der Waals surface area contributed by atoms with E-state index in [1.807, 2.05) is 58.0 Å². The fraction of sp³-hybridized carbons (Fsp3) is 0.655. The Morgan fingerprint density at radius 1 is 0.974 bits per heavy atom. The van der Waals surface area contributed by atoms with Crippen LogP contribution in [0.3, 0.4) is 0 Å². The van der Waals surface area contributed by atoms with Crippen molar-refractivity contribution in [3.05, 3.63) is 35.9 Å². The topological polar surface area (TPSA) is 126 Å². The smallest absolute Gasteiger partial charge is 0.426 e. The second kappa shape index (κ2) is 14.9. The quantitative estimate of drug-likeness (QED) is 0.338. The standard InChI is InChI=1S/C29H44N4O6/c1-19(2)15-23(25(34)27-32-33(29(37)39-27)17-21-11-7-5-8-12-21)30-26(35)24(16-20(3)4)31-28(36)38-18-22-13-9-6-10-14-22/h6,9-10,13-14,19-21,23-24,27,32H,5,7-8,11-12,15-18H2,1-4H3,(H,30,35)(H,31,36)/t23-,24-,27?/m0/s1. The van der Waals surface area contributed by atoms with Crippen molar-refractivity contribution >= 4 is 23.9 Å². The lowest BCUT2D eigenvalue weighted by atomic mass is 9.89. The normalized spacial score (nSPS) is 19.5. The minimum Gasteiger partial charge on any atom is -0.445 e. The molecule has 1 heterocycles. The van der Waals surface area contributed by atoms with Gasteiger partial charge < -0.3 is 20.1 Å². The number of nitrogens with one attached hydrogen (secondary N) is 3. The van der Waals surface area contributed by atoms with Crippen LogP contribution in [0.5, 0.6) is 0 Å². The minimum absolute atomic E-state index is 0.0766. The van der Waals surface area contributed by atoms with Gasteiger partial charge in [-0.2, -0.15) is 5.43 Å². The highest BCUT2D eigenvalue weighted by Crippen LogP contribution is 2.25. The predicted molar refractivity (Wildman–Crippen MR) is 146 cm³/mol. The van der Waals surface area contributed by atoms with Crippen LogP contribution in [-0.4, -0.2) is 53.7 Å². The van der Waals surface area contributed by atoms with Crippen LogP contribution in [0.1, 0.15) is 78.2 Å². The molecule has 1 aromatic rings. The summed E-state index contributed by atoms with van der Waals surface area (Å²) in [6, 6.07) is 7.47. The van der Waals surface area contributed by atoms with E-state index >= 15 is 0 Å². The molecule has 2 aliphatic rings. The Balaban J connectivity index is 1.61. The molecule has 0 bridgehead atoms. The third kappa shape index (κ3) is 9.84. The third-order valence-corrected chi connectivity index (χ3v) is 7.03. The van der Waals surface area contributed by atoms with Crippen molar-refractivity contribution in [1.29, 1.82) is 0 Å². The molecule has 0 radical (unpaired) electrons. The largest absolute Gasteiger partial charge is 0.445 e. The number of rotatable bonds is 13. The highest BCUT2D eigenvalue weighted by Gasteiger charge is 2.40. The number of hydrogen-bond acceptors (Lipinski definition) is 7. The zero-order valence-corrected chi connectivity index (χ0v) is 23.6. The maximum absolute atomic E-state index is 13.4. The molecule has 3 atom stereocenters. The molecule has 10 nitrogen and oxygen atoms in total. The summed E-state index contributed by atoms with van der Waals surface area (Å²) in [5.41, 5.74) is 3.74. The lowest BCUT2D eigenvalue weighted by Crippen LogP contribution is -2.55. The van der Waals surface area contributed by atoms with E-state index in [9.17, 15) is 19.2 Å². The van der Waals surface area contributed by atoms with Crippen molar-refractivity contribution in [1.82, 2.24) is 21.1 Å². The fourth-order valence-corrected chi connectivity index (χ4v) is 5.04. The molecule has 0 spiro atoms. The van der Waals surface area contributed by atoms with Crippen LogP contribution >= 0.6 is 0 Å². The number of benzene rings is 1. The van der Waals surface area contributed by atoms with Crippen LogP contribution in [0.4, 0.5) is 9.59 Å².